The number of ether oxygens (including phenoxy) is 1. The highest BCUT2D eigenvalue weighted by atomic mass is 16.5. The molecule has 0 saturated heterocycles. The van der Waals surface area contributed by atoms with E-state index in [1.165, 1.54) is 32.1 Å². The van der Waals surface area contributed by atoms with Crippen molar-refractivity contribution in [3.05, 3.63) is 0 Å². The van der Waals surface area contributed by atoms with E-state index in [0.29, 0.717) is 12.0 Å². The Morgan fingerprint density at radius 1 is 1.33 bits per heavy atom. The molecule has 1 atom stereocenters. The molecule has 15 heavy (non-hydrogen) atoms. The van der Waals surface area contributed by atoms with Crippen molar-refractivity contribution in [2.75, 3.05) is 26.8 Å². The maximum absolute atomic E-state index is 5.86. The van der Waals surface area contributed by atoms with Gasteiger partial charge in [-0.1, -0.05) is 26.2 Å². The minimum absolute atomic E-state index is 0.127. The van der Waals surface area contributed by atoms with E-state index in [2.05, 4.69) is 12.2 Å². The Kier molecular flexibility index (Phi) is 5.58. The van der Waals surface area contributed by atoms with Crippen LogP contribution >= 0.6 is 0 Å². The minimum Gasteiger partial charge on any atom is -0.383 e. The Morgan fingerprint density at radius 3 is 2.60 bits per heavy atom. The van der Waals surface area contributed by atoms with E-state index in [1.807, 2.05) is 0 Å². The zero-order chi connectivity index (χ0) is 11.1. The quantitative estimate of drug-likeness (QED) is 0.705. The number of nitrogens with one attached hydrogen (secondary N) is 1. The summed E-state index contributed by atoms with van der Waals surface area (Å²) in [5.74, 6) is 0. The summed E-state index contributed by atoms with van der Waals surface area (Å²) in [4.78, 5) is 0. The fraction of sp³-hybridized carbons (Fsp3) is 1.00. The van der Waals surface area contributed by atoms with E-state index >= 15 is 0 Å². The van der Waals surface area contributed by atoms with Crippen molar-refractivity contribution >= 4 is 0 Å². The monoisotopic (exact) mass is 214 g/mol. The molecule has 0 aromatic carbocycles. The summed E-state index contributed by atoms with van der Waals surface area (Å²) in [7, 11) is 1.70. The summed E-state index contributed by atoms with van der Waals surface area (Å²) in [6.45, 7) is 5.00. The molecule has 90 valence electrons. The van der Waals surface area contributed by atoms with Gasteiger partial charge in [0.15, 0.2) is 0 Å². The van der Waals surface area contributed by atoms with Crippen LogP contribution in [0.5, 0.6) is 0 Å². The molecule has 1 rings (SSSR count). The lowest BCUT2D eigenvalue weighted by Gasteiger charge is -2.34. The van der Waals surface area contributed by atoms with Gasteiger partial charge < -0.3 is 15.8 Å². The Balaban J connectivity index is 2.12. The van der Waals surface area contributed by atoms with Crippen molar-refractivity contribution < 1.29 is 4.74 Å². The van der Waals surface area contributed by atoms with Crippen LogP contribution in [-0.2, 0) is 4.74 Å². The van der Waals surface area contributed by atoms with Gasteiger partial charge in [-0.2, -0.15) is 0 Å². The molecule has 3 heteroatoms. The topological polar surface area (TPSA) is 47.3 Å². The van der Waals surface area contributed by atoms with Crippen LogP contribution in [-0.4, -0.2) is 32.8 Å². The Bertz CT molecular complexity index is 167. The van der Waals surface area contributed by atoms with Crippen LogP contribution in [0.4, 0.5) is 0 Å². The van der Waals surface area contributed by atoms with Crippen molar-refractivity contribution in [2.24, 2.45) is 11.1 Å². The number of nitrogens with two attached hydrogens (primary N) is 1. The van der Waals surface area contributed by atoms with Gasteiger partial charge in [-0.3, -0.25) is 0 Å². The first-order valence-corrected chi connectivity index (χ1v) is 6.11. The second-order valence-corrected chi connectivity index (χ2v) is 5.22. The van der Waals surface area contributed by atoms with Gasteiger partial charge >= 0.3 is 0 Å². The van der Waals surface area contributed by atoms with Gasteiger partial charge in [0.2, 0.25) is 0 Å². The lowest BCUT2D eigenvalue weighted by molar-refractivity contribution is 0.170. The molecule has 1 unspecified atom stereocenters. The van der Waals surface area contributed by atoms with Crippen molar-refractivity contribution in [2.45, 2.75) is 45.1 Å². The first-order chi connectivity index (χ1) is 7.16. The van der Waals surface area contributed by atoms with Crippen molar-refractivity contribution in [3.63, 3.8) is 0 Å². The van der Waals surface area contributed by atoms with Crippen molar-refractivity contribution in [1.82, 2.24) is 5.32 Å². The summed E-state index contributed by atoms with van der Waals surface area (Å²) >= 11 is 0. The molecule has 1 aliphatic carbocycles. The smallest absolute Gasteiger partial charge is 0.0626 e. The average Bonchev–Trinajstić information content (AvgIpc) is 2.19. The normalized spacial score (nSPS) is 22.6. The summed E-state index contributed by atoms with van der Waals surface area (Å²) in [5, 5.41) is 3.48. The van der Waals surface area contributed by atoms with E-state index in [9.17, 15) is 0 Å². The highest BCUT2D eigenvalue weighted by molar-refractivity contribution is 4.81. The SMILES string of the molecule is COCC(N)CNCC1(C)CCCCC1. The zero-order valence-corrected chi connectivity index (χ0v) is 10.2. The number of hydrogen-bond acceptors (Lipinski definition) is 3. The zero-order valence-electron chi connectivity index (χ0n) is 10.2. The molecular weight excluding hydrogens is 188 g/mol. The molecule has 0 spiro atoms. The minimum atomic E-state index is 0.127. The predicted molar refractivity (Wildman–Crippen MR) is 63.9 cm³/mol. The fourth-order valence-corrected chi connectivity index (χ4v) is 2.41. The highest BCUT2D eigenvalue weighted by Crippen LogP contribution is 2.34. The van der Waals surface area contributed by atoms with Crippen molar-refractivity contribution in [3.8, 4) is 0 Å². The Hall–Kier alpha value is -0.120. The van der Waals surface area contributed by atoms with E-state index in [1.54, 1.807) is 7.11 Å². The second-order valence-electron chi connectivity index (χ2n) is 5.22. The molecule has 1 saturated carbocycles. The number of hydrogen-bond donors (Lipinski definition) is 2. The van der Waals surface area contributed by atoms with E-state index in [0.717, 1.165) is 13.1 Å². The average molecular weight is 214 g/mol. The van der Waals surface area contributed by atoms with Gasteiger partial charge in [-0.05, 0) is 18.3 Å². The summed E-state index contributed by atoms with van der Waals surface area (Å²) < 4.78 is 5.01. The maximum atomic E-state index is 5.86. The standard InChI is InChI=1S/C12H26N2O/c1-12(6-4-3-5-7-12)10-14-8-11(13)9-15-2/h11,14H,3-10,13H2,1-2H3. The summed E-state index contributed by atoms with van der Waals surface area (Å²) in [6.07, 6.45) is 6.92. The van der Waals surface area contributed by atoms with Gasteiger partial charge in [0.25, 0.3) is 0 Å². The Morgan fingerprint density at radius 2 is 2.00 bits per heavy atom. The molecule has 0 aromatic heterocycles. The molecule has 1 aliphatic rings. The molecule has 0 aromatic rings. The third-order valence-electron chi connectivity index (χ3n) is 3.40. The second kappa shape index (κ2) is 6.46. The van der Waals surface area contributed by atoms with Crippen LogP contribution in [0.25, 0.3) is 0 Å². The molecule has 0 amide bonds. The van der Waals surface area contributed by atoms with Crippen molar-refractivity contribution in [1.29, 1.82) is 0 Å². The van der Waals surface area contributed by atoms with Gasteiger partial charge in [-0.15, -0.1) is 0 Å². The molecule has 0 bridgehead atoms. The number of rotatable bonds is 6. The van der Waals surface area contributed by atoms with Crippen LogP contribution in [0, 0.1) is 5.41 Å². The van der Waals surface area contributed by atoms with Gasteiger partial charge in [0.1, 0.15) is 0 Å². The largest absolute Gasteiger partial charge is 0.383 e. The lowest BCUT2D eigenvalue weighted by Crippen LogP contribution is -2.42. The highest BCUT2D eigenvalue weighted by Gasteiger charge is 2.26. The van der Waals surface area contributed by atoms with Crippen LogP contribution in [0.1, 0.15) is 39.0 Å². The van der Waals surface area contributed by atoms with Gasteiger partial charge in [0.05, 0.1) is 6.61 Å². The third-order valence-corrected chi connectivity index (χ3v) is 3.40. The molecule has 0 heterocycles. The lowest BCUT2D eigenvalue weighted by atomic mass is 9.76. The van der Waals surface area contributed by atoms with E-state index in [-0.39, 0.29) is 6.04 Å². The van der Waals surface area contributed by atoms with E-state index < -0.39 is 0 Å². The maximum Gasteiger partial charge on any atom is 0.0626 e. The molecule has 3 nitrogen and oxygen atoms in total. The molecule has 0 aliphatic heterocycles. The predicted octanol–water partition coefficient (Wildman–Crippen LogP) is 1.52. The van der Waals surface area contributed by atoms with Crippen LogP contribution < -0.4 is 11.1 Å². The molecule has 1 fully saturated rings. The first-order valence-electron chi connectivity index (χ1n) is 6.11. The number of methoxy groups -OCH3 is 1. The van der Waals surface area contributed by atoms with Gasteiger partial charge in [0, 0.05) is 26.2 Å². The van der Waals surface area contributed by atoms with Crippen LogP contribution in [0.15, 0.2) is 0 Å². The molecular formula is C12H26N2O. The summed E-state index contributed by atoms with van der Waals surface area (Å²) in [5.41, 5.74) is 6.36. The first kappa shape index (κ1) is 12.9. The fourth-order valence-electron chi connectivity index (χ4n) is 2.41. The van der Waals surface area contributed by atoms with Crippen LogP contribution in [0.3, 0.4) is 0 Å². The Labute approximate surface area is 93.8 Å². The van der Waals surface area contributed by atoms with Crippen LogP contribution in [0.2, 0.25) is 0 Å². The third kappa shape index (κ3) is 4.96. The van der Waals surface area contributed by atoms with E-state index in [4.69, 9.17) is 10.5 Å². The van der Waals surface area contributed by atoms with Gasteiger partial charge in [-0.25, -0.2) is 0 Å². The molecule has 3 N–H and O–H groups in total. The molecule has 0 radical (unpaired) electrons. The summed E-state index contributed by atoms with van der Waals surface area (Å²) in [6, 6.07) is 0.127.